The average Bonchev–Trinajstić information content (AvgIpc) is 2.36. The smallest absolute Gasteiger partial charge is 0.119 e. The minimum atomic E-state index is -0.971. The minimum Gasteiger partial charge on any atom is -0.491 e. The molecule has 0 fully saturated rings. The summed E-state index contributed by atoms with van der Waals surface area (Å²) in [7, 11) is -0.971. The molecule has 0 aliphatic carbocycles. The van der Waals surface area contributed by atoms with E-state index in [0.717, 1.165) is 5.56 Å². The molecule has 2 unspecified atom stereocenters. The number of benzene rings is 1. The Morgan fingerprint density at radius 2 is 2.29 bits per heavy atom. The molecule has 0 heterocycles. The van der Waals surface area contributed by atoms with Crippen LogP contribution in [0.15, 0.2) is 24.3 Å². The number of aliphatic hydroxyl groups is 1. The van der Waals surface area contributed by atoms with E-state index in [9.17, 15) is 9.32 Å². The summed E-state index contributed by atoms with van der Waals surface area (Å²) in [4.78, 5) is 0. The van der Waals surface area contributed by atoms with Gasteiger partial charge in [0.25, 0.3) is 0 Å². The first-order chi connectivity index (χ1) is 8.15. The van der Waals surface area contributed by atoms with Gasteiger partial charge in [0, 0.05) is 23.1 Å². The molecule has 0 bridgehead atoms. The van der Waals surface area contributed by atoms with Crippen molar-refractivity contribution in [3.05, 3.63) is 29.8 Å². The molecule has 0 radical (unpaired) electrons. The molecule has 17 heavy (non-hydrogen) atoms. The molecular formula is C12H19NO3S. The van der Waals surface area contributed by atoms with Crippen LogP contribution >= 0.6 is 0 Å². The first-order valence-electron chi connectivity index (χ1n) is 5.60. The molecule has 0 spiro atoms. The summed E-state index contributed by atoms with van der Waals surface area (Å²) < 4.78 is 16.6. The number of hydrogen-bond donors (Lipinski definition) is 2. The van der Waals surface area contributed by atoms with E-state index in [0.29, 0.717) is 18.0 Å². The van der Waals surface area contributed by atoms with Crippen LogP contribution in [-0.4, -0.2) is 33.5 Å². The summed E-state index contributed by atoms with van der Waals surface area (Å²) in [6.07, 6.45) is -0.697. The second-order valence-electron chi connectivity index (χ2n) is 3.71. The second kappa shape index (κ2) is 7.42. The van der Waals surface area contributed by atoms with Crippen LogP contribution in [0, 0.1) is 0 Å². The average molecular weight is 257 g/mol. The van der Waals surface area contributed by atoms with Crippen molar-refractivity contribution in [2.75, 3.05) is 18.1 Å². The topological polar surface area (TPSA) is 72.5 Å². The Kier molecular flexibility index (Phi) is 6.18. The van der Waals surface area contributed by atoms with E-state index >= 15 is 0 Å². The van der Waals surface area contributed by atoms with Gasteiger partial charge in [0.2, 0.25) is 0 Å². The number of rotatable bonds is 7. The summed E-state index contributed by atoms with van der Waals surface area (Å²) in [5, 5.41) is 9.60. The molecule has 2 atom stereocenters. The van der Waals surface area contributed by atoms with Gasteiger partial charge in [0.05, 0.1) is 11.9 Å². The molecule has 5 heteroatoms. The van der Waals surface area contributed by atoms with Gasteiger partial charge in [-0.2, -0.15) is 0 Å². The SMILES string of the molecule is CCS(=O)CC(O)COc1cccc(CN)c1. The van der Waals surface area contributed by atoms with Gasteiger partial charge >= 0.3 is 0 Å². The van der Waals surface area contributed by atoms with Crippen molar-refractivity contribution < 1.29 is 14.1 Å². The number of hydrogen-bond acceptors (Lipinski definition) is 4. The van der Waals surface area contributed by atoms with Crippen LogP contribution in [0.25, 0.3) is 0 Å². The fraction of sp³-hybridized carbons (Fsp3) is 0.500. The maximum atomic E-state index is 11.2. The third-order valence-electron chi connectivity index (χ3n) is 2.28. The van der Waals surface area contributed by atoms with Gasteiger partial charge in [0.1, 0.15) is 12.4 Å². The van der Waals surface area contributed by atoms with Crippen molar-refractivity contribution in [1.29, 1.82) is 0 Å². The highest BCUT2D eigenvalue weighted by atomic mass is 32.2. The van der Waals surface area contributed by atoms with E-state index in [1.54, 1.807) is 0 Å². The molecule has 0 aliphatic rings. The van der Waals surface area contributed by atoms with Crippen LogP contribution in [0.5, 0.6) is 5.75 Å². The van der Waals surface area contributed by atoms with E-state index in [1.165, 1.54) is 0 Å². The van der Waals surface area contributed by atoms with Crippen molar-refractivity contribution in [2.24, 2.45) is 5.73 Å². The Bertz CT molecular complexity index is 371. The molecule has 0 aliphatic heterocycles. The van der Waals surface area contributed by atoms with E-state index in [4.69, 9.17) is 10.5 Å². The van der Waals surface area contributed by atoms with Gasteiger partial charge < -0.3 is 15.6 Å². The normalized spacial score (nSPS) is 14.3. The van der Waals surface area contributed by atoms with Crippen LogP contribution in [0.3, 0.4) is 0 Å². The fourth-order valence-electron chi connectivity index (χ4n) is 1.34. The summed E-state index contributed by atoms with van der Waals surface area (Å²) in [5.41, 5.74) is 6.49. The molecule has 1 rings (SSSR count). The molecule has 0 aromatic heterocycles. The van der Waals surface area contributed by atoms with Crippen molar-refractivity contribution in [3.63, 3.8) is 0 Å². The van der Waals surface area contributed by atoms with Crippen LogP contribution in [-0.2, 0) is 17.3 Å². The van der Waals surface area contributed by atoms with Crippen LogP contribution < -0.4 is 10.5 Å². The molecule has 96 valence electrons. The van der Waals surface area contributed by atoms with Crippen LogP contribution in [0.2, 0.25) is 0 Å². The second-order valence-corrected chi connectivity index (χ2v) is 5.50. The lowest BCUT2D eigenvalue weighted by Gasteiger charge is -2.12. The van der Waals surface area contributed by atoms with E-state index in [1.807, 2.05) is 31.2 Å². The fourth-order valence-corrected chi connectivity index (χ4v) is 2.10. The lowest BCUT2D eigenvalue weighted by atomic mass is 10.2. The maximum Gasteiger partial charge on any atom is 0.119 e. The van der Waals surface area contributed by atoms with Gasteiger partial charge in [-0.25, -0.2) is 0 Å². The van der Waals surface area contributed by atoms with E-state index in [2.05, 4.69) is 0 Å². The first kappa shape index (κ1) is 14.2. The van der Waals surface area contributed by atoms with Gasteiger partial charge in [-0.1, -0.05) is 19.1 Å². The minimum absolute atomic E-state index is 0.153. The van der Waals surface area contributed by atoms with Crippen molar-refractivity contribution in [2.45, 2.75) is 19.6 Å². The van der Waals surface area contributed by atoms with Crippen LogP contribution in [0.1, 0.15) is 12.5 Å². The third kappa shape index (κ3) is 5.30. The predicted molar refractivity (Wildman–Crippen MR) is 69.4 cm³/mol. The zero-order valence-electron chi connectivity index (χ0n) is 9.96. The van der Waals surface area contributed by atoms with Gasteiger partial charge in [-0.05, 0) is 17.7 Å². The lowest BCUT2D eigenvalue weighted by molar-refractivity contribution is 0.125. The van der Waals surface area contributed by atoms with E-state index < -0.39 is 16.9 Å². The van der Waals surface area contributed by atoms with E-state index in [-0.39, 0.29) is 12.4 Å². The molecule has 0 saturated heterocycles. The molecular weight excluding hydrogens is 238 g/mol. The Hall–Kier alpha value is -0.910. The van der Waals surface area contributed by atoms with Crippen LogP contribution in [0.4, 0.5) is 0 Å². The summed E-state index contributed by atoms with van der Waals surface area (Å²) in [5.74, 6) is 1.49. The van der Waals surface area contributed by atoms with Crippen molar-refractivity contribution >= 4 is 10.8 Å². The zero-order valence-corrected chi connectivity index (χ0v) is 10.8. The monoisotopic (exact) mass is 257 g/mol. The van der Waals surface area contributed by atoms with Gasteiger partial charge in [-0.3, -0.25) is 4.21 Å². The van der Waals surface area contributed by atoms with Gasteiger partial charge in [0.15, 0.2) is 0 Å². The Labute approximate surface area is 104 Å². The highest BCUT2D eigenvalue weighted by Gasteiger charge is 2.09. The Morgan fingerprint density at radius 1 is 1.53 bits per heavy atom. The predicted octanol–water partition coefficient (Wildman–Crippen LogP) is 0.654. The summed E-state index contributed by atoms with van der Waals surface area (Å²) >= 11 is 0. The number of nitrogens with two attached hydrogens (primary N) is 1. The highest BCUT2D eigenvalue weighted by Crippen LogP contribution is 2.13. The molecule has 1 aromatic rings. The molecule has 0 saturated carbocycles. The third-order valence-corrected chi connectivity index (χ3v) is 3.68. The number of ether oxygens (including phenoxy) is 1. The molecule has 1 aromatic carbocycles. The Balaban J connectivity index is 2.41. The first-order valence-corrected chi connectivity index (χ1v) is 7.09. The highest BCUT2D eigenvalue weighted by molar-refractivity contribution is 7.84. The Morgan fingerprint density at radius 3 is 2.94 bits per heavy atom. The maximum absolute atomic E-state index is 11.2. The summed E-state index contributed by atoms with van der Waals surface area (Å²) in [6.45, 7) is 2.44. The number of aliphatic hydroxyl groups excluding tert-OH is 1. The lowest BCUT2D eigenvalue weighted by Crippen LogP contribution is -2.25. The molecule has 4 nitrogen and oxygen atoms in total. The quantitative estimate of drug-likeness (QED) is 0.752. The van der Waals surface area contributed by atoms with Crippen molar-refractivity contribution in [3.8, 4) is 5.75 Å². The van der Waals surface area contributed by atoms with Gasteiger partial charge in [-0.15, -0.1) is 0 Å². The summed E-state index contributed by atoms with van der Waals surface area (Å²) in [6, 6.07) is 7.41. The standard InChI is InChI=1S/C12H19NO3S/c1-2-17(15)9-11(14)8-16-12-5-3-4-10(6-12)7-13/h3-6,11,14H,2,7-9,13H2,1H3. The largest absolute Gasteiger partial charge is 0.491 e. The zero-order chi connectivity index (χ0) is 12.7. The molecule has 3 N–H and O–H groups in total. The van der Waals surface area contributed by atoms with Crippen molar-refractivity contribution in [1.82, 2.24) is 0 Å². The molecule has 0 amide bonds.